The van der Waals surface area contributed by atoms with E-state index in [0.717, 1.165) is 5.56 Å². The highest BCUT2D eigenvalue weighted by atomic mass is 32.2. The fourth-order valence-corrected chi connectivity index (χ4v) is 4.14. The monoisotopic (exact) mass is 332 g/mol. The summed E-state index contributed by atoms with van der Waals surface area (Å²) < 4.78 is 0. The van der Waals surface area contributed by atoms with Crippen molar-refractivity contribution in [1.29, 1.82) is 0 Å². The van der Waals surface area contributed by atoms with Gasteiger partial charge in [-0.05, 0) is 11.1 Å². The molecule has 120 valence electrons. The minimum Gasteiger partial charge on any atom is -0.479 e. The summed E-state index contributed by atoms with van der Waals surface area (Å²) in [5, 5.41) is 11.6. The standard InChI is InChI=1S/C16H16N2O4S/c1-9-8-23-15-12(14(20)18(15)13(9)16(21)22)17-11(19)7-10-5-3-2-4-6-10/h2-6,12-13,15H,1,7-8H2,(H,17,19)(H,21,22)/t12-,13+,15+/m1/s1. The van der Waals surface area contributed by atoms with E-state index in [2.05, 4.69) is 11.9 Å². The lowest BCUT2D eigenvalue weighted by Crippen LogP contribution is -2.74. The van der Waals surface area contributed by atoms with Crippen molar-refractivity contribution in [2.24, 2.45) is 0 Å². The molecule has 23 heavy (non-hydrogen) atoms. The zero-order chi connectivity index (χ0) is 16.6. The second-order valence-corrected chi connectivity index (χ2v) is 6.66. The second kappa shape index (κ2) is 6.08. The molecule has 2 N–H and O–H groups in total. The zero-order valence-corrected chi connectivity index (χ0v) is 13.1. The first-order chi connectivity index (χ1) is 11.0. The van der Waals surface area contributed by atoms with Gasteiger partial charge in [-0.25, -0.2) is 4.79 Å². The van der Waals surface area contributed by atoms with Gasteiger partial charge in [0.1, 0.15) is 11.4 Å². The molecule has 2 aliphatic heterocycles. The Morgan fingerprint density at radius 3 is 2.70 bits per heavy atom. The van der Waals surface area contributed by atoms with E-state index in [4.69, 9.17) is 0 Å². The summed E-state index contributed by atoms with van der Waals surface area (Å²) in [5.74, 6) is -1.22. The second-order valence-electron chi connectivity index (χ2n) is 5.55. The Bertz CT molecular complexity index is 676. The molecule has 3 atom stereocenters. The number of amides is 2. The molecule has 2 amide bonds. The Labute approximate surface area is 137 Å². The predicted molar refractivity (Wildman–Crippen MR) is 85.7 cm³/mol. The van der Waals surface area contributed by atoms with E-state index in [1.165, 1.54) is 16.7 Å². The van der Waals surface area contributed by atoms with Crippen LogP contribution in [0.25, 0.3) is 0 Å². The maximum absolute atomic E-state index is 12.2. The Kier molecular flexibility index (Phi) is 4.12. The highest BCUT2D eigenvalue weighted by Gasteiger charge is 2.56. The molecule has 0 saturated carbocycles. The van der Waals surface area contributed by atoms with Crippen LogP contribution in [0.15, 0.2) is 42.5 Å². The minimum absolute atomic E-state index is 0.192. The summed E-state index contributed by atoms with van der Waals surface area (Å²) >= 11 is 1.43. The van der Waals surface area contributed by atoms with Crippen molar-refractivity contribution >= 4 is 29.5 Å². The lowest BCUT2D eigenvalue weighted by Gasteiger charge is -2.52. The quantitative estimate of drug-likeness (QED) is 0.624. The highest BCUT2D eigenvalue weighted by molar-refractivity contribution is 8.00. The minimum atomic E-state index is -1.08. The molecule has 2 fully saturated rings. The van der Waals surface area contributed by atoms with E-state index in [0.29, 0.717) is 11.3 Å². The molecule has 1 aromatic carbocycles. The van der Waals surface area contributed by atoms with Gasteiger partial charge in [-0.1, -0.05) is 36.9 Å². The normalized spacial score (nSPS) is 26.3. The van der Waals surface area contributed by atoms with Crippen LogP contribution >= 0.6 is 11.8 Å². The molecule has 0 radical (unpaired) electrons. The van der Waals surface area contributed by atoms with Gasteiger partial charge in [-0.2, -0.15) is 0 Å². The third kappa shape index (κ3) is 2.84. The van der Waals surface area contributed by atoms with Crippen molar-refractivity contribution < 1.29 is 19.5 Å². The van der Waals surface area contributed by atoms with Crippen molar-refractivity contribution in [3.05, 3.63) is 48.0 Å². The molecule has 7 heteroatoms. The Morgan fingerprint density at radius 2 is 2.04 bits per heavy atom. The molecular formula is C16H16N2O4S. The number of carbonyl (C=O) groups is 3. The van der Waals surface area contributed by atoms with Crippen LogP contribution in [-0.4, -0.2) is 51.0 Å². The van der Waals surface area contributed by atoms with E-state index in [-0.39, 0.29) is 23.6 Å². The molecule has 0 aliphatic carbocycles. The van der Waals surface area contributed by atoms with Crippen molar-refractivity contribution in [3.8, 4) is 0 Å². The first-order valence-electron chi connectivity index (χ1n) is 7.16. The van der Waals surface area contributed by atoms with Gasteiger partial charge < -0.3 is 15.3 Å². The van der Waals surface area contributed by atoms with Crippen LogP contribution in [0.4, 0.5) is 0 Å². The van der Waals surface area contributed by atoms with Crippen LogP contribution < -0.4 is 5.32 Å². The number of carboxylic acids is 1. The fraction of sp³-hybridized carbons (Fsp3) is 0.312. The number of hydrogen-bond donors (Lipinski definition) is 2. The first-order valence-corrected chi connectivity index (χ1v) is 8.21. The average molecular weight is 332 g/mol. The molecule has 2 aliphatic rings. The summed E-state index contributed by atoms with van der Waals surface area (Å²) in [6.07, 6.45) is 0.192. The molecule has 1 aromatic rings. The number of benzene rings is 1. The van der Waals surface area contributed by atoms with Crippen LogP contribution in [0, 0.1) is 0 Å². The molecule has 0 aromatic heterocycles. The van der Waals surface area contributed by atoms with Gasteiger partial charge in [-0.15, -0.1) is 11.8 Å². The lowest BCUT2D eigenvalue weighted by atomic mass is 9.98. The van der Waals surface area contributed by atoms with Gasteiger partial charge in [0.25, 0.3) is 0 Å². The number of rotatable bonds is 4. The number of nitrogens with zero attached hydrogens (tertiary/aromatic N) is 1. The lowest BCUT2D eigenvalue weighted by molar-refractivity contribution is -0.160. The van der Waals surface area contributed by atoms with Gasteiger partial charge in [0.2, 0.25) is 11.8 Å². The highest BCUT2D eigenvalue weighted by Crippen LogP contribution is 2.39. The average Bonchev–Trinajstić information content (AvgIpc) is 2.53. The first kappa shape index (κ1) is 15.6. The van der Waals surface area contributed by atoms with Crippen LogP contribution in [0.3, 0.4) is 0 Å². The summed E-state index contributed by atoms with van der Waals surface area (Å²) in [5.41, 5.74) is 1.36. The molecule has 2 heterocycles. The SMILES string of the molecule is C=C1CS[C@H]2[C@H](NC(=O)Cc3ccccc3)C(=O)N2[C@@H]1C(=O)O. The molecule has 3 rings (SSSR count). The van der Waals surface area contributed by atoms with Crippen molar-refractivity contribution in [1.82, 2.24) is 10.2 Å². The molecule has 6 nitrogen and oxygen atoms in total. The van der Waals surface area contributed by atoms with Gasteiger partial charge in [-0.3, -0.25) is 9.59 Å². The van der Waals surface area contributed by atoms with E-state index in [1.807, 2.05) is 30.3 Å². The van der Waals surface area contributed by atoms with E-state index >= 15 is 0 Å². The van der Waals surface area contributed by atoms with E-state index < -0.39 is 18.1 Å². The summed E-state index contributed by atoms with van der Waals surface area (Å²) in [4.78, 5) is 36.9. The summed E-state index contributed by atoms with van der Waals surface area (Å²) in [7, 11) is 0. The smallest absolute Gasteiger partial charge is 0.330 e. The molecular weight excluding hydrogens is 316 g/mol. The zero-order valence-electron chi connectivity index (χ0n) is 12.3. The van der Waals surface area contributed by atoms with Crippen molar-refractivity contribution in [2.45, 2.75) is 23.9 Å². The summed E-state index contributed by atoms with van der Waals surface area (Å²) in [6, 6.07) is 7.59. The number of carbonyl (C=O) groups excluding carboxylic acids is 2. The third-order valence-electron chi connectivity index (χ3n) is 3.94. The maximum atomic E-state index is 12.2. The van der Waals surface area contributed by atoms with Crippen LogP contribution in [-0.2, 0) is 20.8 Å². The van der Waals surface area contributed by atoms with E-state index in [1.54, 1.807) is 0 Å². The van der Waals surface area contributed by atoms with Crippen molar-refractivity contribution in [2.75, 3.05) is 5.75 Å². The summed E-state index contributed by atoms with van der Waals surface area (Å²) in [6.45, 7) is 3.73. The number of aliphatic carboxylic acids is 1. The molecule has 0 unspecified atom stereocenters. The van der Waals surface area contributed by atoms with Gasteiger partial charge >= 0.3 is 5.97 Å². The third-order valence-corrected chi connectivity index (χ3v) is 5.32. The van der Waals surface area contributed by atoms with E-state index in [9.17, 15) is 19.5 Å². The van der Waals surface area contributed by atoms with Crippen LogP contribution in [0.5, 0.6) is 0 Å². The largest absolute Gasteiger partial charge is 0.479 e. The number of fused-ring (bicyclic) bond motifs is 1. The Hall–Kier alpha value is -2.28. The Morgan fingerprint density at radius 1 is 1.35 bits per heavy atom. The fourth-order valence-electron chi connectivity index (χ4n) is 2.84. The number of hydrogen-bond acceptors (Lipinski definition) is 4. The predicted octanol–water partition coefficient (Wildman–Crippen LogP) is 0.638. The number of nitrogens with one attached hydrogen (secondary N) is 1. The van der Waals surface area contributed by atoms with Gasteiger partial charge in [0.15, 0.2) is 6.04 Å². The van der Waals surface area contributed by atoms with Gasteiger partial charge in [0, 0.05) is 5.75 Å². The molecule has 2 saturated heterocycles. The molecule has 0 bridgehead atoms. The number of β-lactam (4-membered cyclic amide) rings is 1. The number of carboxylic acid groups (broad SMARTS) is 1. The van der Waals surface area contributed by atoms with Crippen LogP contribution in [0.1, 0.15) is 5.56 Å². The topological polar surface area (TPSA) is 86.7 Å². The molecule has 0 spiro atoms. The Balaban J connectivity index is 1.65. The van der Waals surface area contributed by atoms with Crippen LogP contribution in [0.2, 0.25) is 0 Å². The van der Waals surface area contributed by atoms with Gasteiger partial charge in [0.05, 0.1) is 6.42 Å². The van der Waals surface area contributed by atoms with Crippen molar-refractivity contribution in [3.63, 3.8) is 0 Å². The number of thioether (sulfide) groups is 1. The maximum Gasteiger partial charge on any atom is 0.330 e.